The van der Waals surface area contributed by atoms with Gasteiger partial charge in [-0.15, -0.1) is 0 Å². The largest absolute Gasteiger partial charge is 0.495 e. The molecule has 2 atom stereocenters. The molecule has 3 rings (SSSR count). The Hall–Kier alpha value is -2.80. The first-order valence-corrected chi connectivity index (χ1v) is 11.6. The maximum Gasteiger partial charge on any atom is 0.411 e. The summed E-state index contributed by atoms with van der Waals surface area (Å²) in [5, 5.41) is 10.9. The van der Waals surface area contributed by atoms with E-state index in [0.717, 1.165) is 4.90 Å². The Balaban J connectivity index is 1.91. The van der Waals surface area contributed by atoms with Crippen LogP contribution in [0.3, 0.4) is 0 Å². The Morgan fingerprint density at radius 1 is 1.26 bits per heavy atom. The van der Waals surface area contributed by atoms with Crippen LogP contribution in [0.25, 0.3) is 0 Å². The topological polar surface area (TPSA) is 126 Å². The standard InChI is InChI=1S/C21H27N3O6S/c1-20(2,3)30-19(26)24-12-14(11-15(24)18(25)23-21(13-22)9-10-21)31(27,28)17-8-6-5-7-16(17)29-4/h5-8,14-15H,9-12H2,1-4H3,(H,23,25)/t14-,15+/m1/s1. The Bertz CT molecular complexity index is 1020. The predicted octanol–water partition coefficient (Wildman–Crippen LogP) is 2.02. The summed E-state index contributed by atoms with van der Waals surface area (Å²) in [6.45, 7) is 4.86. The lowest BCUT2D eigenvalue weighted by atomic mass is 10.2. The first-order valence-electron chi connectivity index (χ1n) is 10.0. The second kappa shape index (κ2) is 8.04. The van der Waals surface area contributed by atoms with Gasteiger partial charge in [0.1, 0.15) is 27.8 Å². The third kappa shape index (κ3) is 4.77. The van der Waals surface area contributed by atoms with Crippen molar-refractivity contribution >= 4 is 21.8 Å². The molecule has 1 aliphatic carbocycles. The molecule has 1 aliphatic heterocycles. The van der Waals surface area contributed by atoms with Crippen molar-refractivity contribution < 1.29 is 27.5 Å². The van der Waals surface area contributed by atoms with Crippen LogP contribution >= 0.6 is 0 Å². The van der Waals surface area contributed by atoms with E-state index in [0.29, 0.717) is 12.8 Å². The number of likely N-dealkylation sites (tertiary alicyclic amines) is 1. The average Bonchev–Trinajstić information content (AvgIpc) is 3.31. The first kappa shape index (κ1) is 22.9. The summed E-state index contributed by atoms with van der Waals surface area (Å²) >= 11 is 0. The molecule has 0 spiro atoms. The smallest absolute Gasteiger partial charge is 0.411 e. The Labute approximate surface area is 182 Å². The third-order valence-corrected chi connectivity index (χ3v) is 7.50. The highest BCUT2D eigenvalue weighted by Gasteiger charge is 2.51. The SMILES string of the molecule is COc1ccccc1S(=O)(=O)[C@@H]1C[C@@H](C(=O)NC2(C#N)CC2)N(C(=O)OC(C)(C)C)C1. The van der Waals surface area contributed by atoms with Crippen molar-refractivity contribution in [3.63, 3.8) is 0 Å². The number of nitrogens with one attached hydrogen (secondary N) is 1. The number of rotatable bonds is 5. The summed E-state index contributed by atoms with van der Waals surface area (Å²) in [5.41, 5.74) is -1.75. The van der Waals surface area contributed by atoms with Gasteiger partial charge in [0.15, 0.2) is 9.84 Å². The van der Waals surface area contributed by atoms with E-state index in [1.165, 1.54) is 13.2 Å². The van der Waals surface area contributed by atoms with Gasteiger partial charge in [-0.1, -0.05) is 12.1 Å². The van der Waals surface area contributed by atoms with E-state index in [-0.39, 0.29) is 23.6 Å². The van der Waals surface area contributed by atoms with Gasteiger partial charge in [-0.25, -0.2) is 13.2 Å². The maximum atomic E-state index is 13.3. The Morgan fingerprint density at radius 2 is 1.90 bits per heavy atom. The van der Waals surface area contributed by atoms with Gasteiger partial charge >= 0.3 is 6.09 Å². The molecule has 1 N–H and O–H groups in total. The number of carbonyl (C=O) groups is 2. The van der Waals surface area contributed by atoms with E-state index in [1.807, 2.05) is 0 Å². The van der Waals surface area contributed by atoms with Crippen molar-refractivity contribution in [3.8, 4) is 11.8 Å². The fourth-order valence-corrected chi connectivity index (χ4v) is 5.39. The van der Waals surface area contributed by atoms with Crippen LogP contribution in [0.15, 0.2) is 29.2 Å². The summed E-state index contributed by atoms with van der Waals surface area (Å²) in [6.07, 6.45) is 0.175. The van der Waals surface area contributed by atoms with E-state index in [9.17, 15) is 23.3 Å². The van der Waals surface area contributed by atoms with Crippen LogP contribution in [0.1, 0.15) is 40.0 Å². The molecule has 0 aromatic heterocycles. The molecule has 0 radical (unpaired) electrons. The molecule has 1 saturated carbocycles. The van der Waals surface area contributed by atoms with Gasteiger partial charge < -0.3 is 14.8 Å². The van der Waals surface area contributed by atoms with Gasteiger partial charge in [-0.3, -0.25) is 9.69 Å². The number of amides is 2. The van der Waals surface area contributed by atoms with E-state index >= 15 is 0 Å². The van der Waals surface area contributed by atoms with Crippen LogP contribution in [0.4, 0.5) is 4.79 Å². The van der Waals surface area contributed by atoms with Gasteiger partial charge in [0, 0.05) is 6.54 Å². The van der Waals surface area contributed by atoms with Crippen LogP contribution in [0.2, 0.25) is 0 Å². The summed E-state index contributed by atoms with van der Waals surface area (Å²) in [7, 11) is -2.53. The number of hydrogen-bond acceptors (Lipinski definition) is 7. The third-order valence-electron chi connectivity index (χ3n) is 5.33. The molecule has 31 heavy (non-hydrogen) atoms. The minimum atomic E-state index is -3.91. The van der Waals surface area contributed by atoms with Crippen molar-refractivity contribution in [1.29, 1.82) is 5.26 Å². The number of benzene rings is 1. The highest BCUT2D eigenvalue weighted by molar-refractivity contribution is 7.92. The van der Waals surface area contributed by atoms with Crippen LogP contribution < -0.4 is 10.1 Å². The van der Waals surface area contributed by atoms with Gasteiger partial charge in [-0.2, -0.15) is 5.26 Å². The second-order valence-electron chi connectivity index (χ2n) is 8.89. The Morgan fingerprint density at radius 3 is 2.45 bits per heavy atom. The van der Waals surface area contributed by atoms with Gasteiger partial charge in [0.2, 0.25) is 5.91 Å². The number of methoxy groups -OCH3 is 1. The number of nitriles is 1. The maximum absolute atomic E-state index is 13.3. The van der Waals surface area contributed by atoms with Gasteiger partial charge in [0.05, 0.1) is 18.4 Å². The highest BCUT2D eigenvalue weighted by Crippen LogP contribution is 2.37. The molecule has 2 fully saturated rings. The van der Waals surface area contributed by atoms with Crippen LogP contribution in [-0.2, 0) is 19.4 Å². The summed E-state index contributed by atoms with van der Waals surface area (Å²) < 4.78 is 37.3. The molecule has 168 valence electrons. The number of carbonyl (C=O) groups excluding carboxylic acids is 2. The van der Waals surface area contributed by atoms with Crippen LogP contribution in [-0.4, -0.2) is 61.4 Å². The second-order valence-corrected chi connectivity index (χ2v) is 11.1. The van der Waals surface area contributed by atoms with E-state index in [1.54, 1.807) is 39.0 Å². The van der Waals surface area contributed by atoms with Crippen molar-refractivity contribution in [3.05, 3.63) is 24.3 Å². The predicted molar refractivity (Wildman–Crippen MR) is 111 cm³/mol. The lowest BCUT2D eigenvalue weighted by molar-refractivity contribution is -0.126. The number of nitrogens with zero attached hydrogens (tertiary/aromatic N) is 2. The summed E-state index contributed by atoms with van der Waals surface area (Å²) in [5.74, 6) is -0.358. The number of para-hydroxylation sites is 1. The molecular weight excluding hydrogens is 422 g/mol. The number of ether oxygens (including phenoxy) is 2. The molecule has 2 aliphatic rings. The lowest BCUT2D eigenvalue weighted by Crippen LogP contribution is -2.50. The number of hydrogen-bond donors (Lipinski definition) is 1. The molecule has 1 aromatic carbocycles. The monoisotopic (exact) mass is 449 g/mol. The van der Waals surface area contributed by atoms with E-state index in [4.69, 9.17) is 9.47 Å². The van der Waals surface area contributed by atoms with Crippen molar-refractivity contribution in [2.75, 3.05) is 13.7 Å². The fraction of sp³-hybridized carbons (Fsp3) is 0.571. The molecule has 1 heterocycles. The molecule has 10 heteroatoms. The normalized spacial score (nSPS) is 22.4. The van der Waals surface area contributed by atoms with E-state index < -0.39 is 44.3 Å². The van der Waals surface area contributed by atoms with Crippen molar-refractivity contribution in [2.24, 2.45) is 0 Å². The fourth-order valence-electron chi connectivity index (χ4n) is 3.54. The Kier molecular flexibility index (Phi) is 5.93. The van der Waals surface area contributed by atoms with Crippen molar-refractivity contribution in [2.45, 2.75) is 67.4 Å². The van der Waals surface area contributed by atoms with E-state index in [2.05, 4.69) is 11.4 Å². The minimum absolute atomic E-state index is 0.00313. The molecule has 0 unspecified atom stereocenters. The molecule has 1 aromatic rings. The average molecular weight is 450 g/mol. The molecular formula is C21H27N3O6S. The van der Waals surface area contributed by atoms with Crippen LogP contribution in [0.5, 0.6) is 5.75 Å². The summed E-state index contributed by atoms with van der Waals surface area (Å²) in [6, 6.07) is 7.24. The zero-order valence-corrected chi connectivity index (χ0v) is 18.9. The molecule has 1 saturated heterocycles. The zero-order valence-electron chi connectivity index (χ0n) is 18.0. The first-order chi connectivity index (χ1) is 14.4. The highest BCUT2D eigenvalue weighted by atomic mass is 32.2. The summed E-state index contributed by atoms with van der Waals surface area (Å²) in [4.78, 5) is 26.9. The lowest BCUT2D eigenvalue weighted by Gasteiger charge is -2.28. The molecule has 0 bridgehead atoms. The van der Waals surface area contributed by atoms with Gasteiger partial charge in [-0.05, 0) is 52.2 Å². The van der Waals surface area contributed by atoms with Gasteiger partial charge in [0.25, 0.3) is 0 Å². The quantitative estimate of drug-likeness (QED) is 0.729. The zero-order chi connectivity index (χ0) is 23.0. The van der Waals surface area contributed by atoms with Crippen LogP contribution in [0, 0.1) is 11.3 Å². The molecule has 2 amide bonds. The molecule has 9 nitrogen and oxygen atoms in total. The van der Waals surface area contributed by atoms with Crippen molar-refractivity contribution in [1.82, 2.24) is 10.2 Å². The minimum Gasteiger partial charge on any atom is -0.495 e. The number of sulfone groups is 1.